The van der Waals surface area contributed by atoms with Crippen molar-refractivity contribution in [3.63, 3.8) is 0 Å². The SMILES string of the molecule is CCOc1ccccc1[C@H](OC[C@H]1CO1)C(F)(F)F. The average molecular weight is 276 g/mol. The van der Waals surface area contributed by atoms with Crippen LogP contribution in [0.25, 0.3) is 0 Å². The van der Waals surface area contributed by atoms with Crippen molar-refractivity contribution in [3.8, 4) is 5.75 Å². The van der Waals surface area contributed by atoms with Gasteiger partial charge in [-0.1, -0.05) is 18.2 Å². The highest BCUT2D eigenvalue weighted by Gasteiger charge is 2.44. The third-order valence-corrected chi connectivity index (χ3v) is 2.65. The van der Waals surface area contributed by atoms with Crippen LogP contribution in [-0.4, -0.2) is 32.1 Å². The fourth-order valence-electron chi connectivity index (χ4n) is 1.71. The zero-order valence-corrected chi connectivity index (χ0v) is 10.4. The van der Waals surface area contributed by atoms with Crippen molar-refractivity contribution in [1.82, 2.24) is 0 Å². The van der Waals surface area contributed by atoms with Gasteiger partial charge in [-0.15, -0.1) is 0 Å². The Bertz CT molecular complexity index is 416. The Labute approximate surface area is 109 Å². The number of rotatable bonds is 6. The molecule has 0 N–H and O–H groups in total. The van der Waals surface area contributed by atoms with Gasteiger partial charge in [-0.05, 0) is 13.0 Å². The van der Waals surface area contributed by atoms with E-state index in [2.05, 4.69) is 0 Å². The topological polar surface area (TPSA) is 31.0 Å². The van der Waals surface area contributed by atoms with Gasteiger partial charge in [-0.25, -0.2) is 0 Å². The normalized spacial score (nSPS) is 20.1. The zero-order valence-electron chi connectivity index (χ0n) is 10.4. The number of epoxide rings is 1. The van der Waals surface area contributed by atoms with E-state index in [-0.39, 0.29) is 24.0 Å². The Morgan fingerprint density at radius 2 is 2.05 bits per heavy atom. The van der Waals surface area contributed by atoms with Crippen LogP contribution in [0.3, 0.4) is 0 Å². The van der Waals surface area contributed by atoms with E-state index < -0.39 is 12.3 Å². The molecule has 6 heteroatoms. The van der Waals surface area contributed by atoms with Gasteiger partial charge in [-0.2, -0.15) is 13.2 Å². The van der Waals surface area contributed by atoms with Crippen molar-refractivity contribution < 1.29 is 27.4 Å². The molecule has 0 bridgehead atoms. The average Bonchev–Trinajstić information content (AvgIpc) is 3.14. The Kier molecular flexibility index (Phi) is 4.31. The Morgan fingerprint density at radius 3 is 2.63 bits per heavy atom. The monoisotopic (exact) mass is 276 g/mol. The predicted octanol–water partition coefficient (Wildman–Crippen LogP) is 3.10. The smallest absolute Gasteiger partial charge is 0.418 e. The minimum atomic E-state index is -4.48. The van der Waals surface area contributed by atoms with Crippen molar-refractivity contribution in [2.24, 2.45) is 0 Å². The molecule has 1 aromatic rings. The fraction of sp³-hybridized carbons (Fsp3) is 0.538. The van der Waals surface area contributed by atoms with Gasteiger partial charge in [0.2, 0.25) is 0 Å². The quantitative estimate of drug-likeness (QED) is 0.748. The maximum absolute atomic E-state index is 13.1. The van der Waals surface area contributed by atoms with Crippen LogP contribution in [0, 0.1) is 0 Å². The fourth-order valence-corrected chi connectivity index (χ4v) is 1.71. The first kappa shape index (κ1) is 14.1. The summed E-state index contributed by atoms with van der Waals surface area (Å²) in [6, 6.07) is 6.05. The predicted molar refractivity (Wildman–Crippen MR) is 62.1 cm³/mol. The molecule has 1 fully saturated rings. The number of para-hydroxylation sites is 1. The molecule has 1 aromatic carbocycles. The highest BCUT2D eigenvalue weighted by Crippen LogP contribution is 2.40. The number of alkyl halides is 3. The molecule has 0 radical (unpaired) electrons. The summed E-state index contributed by atoms with van der Waals surface area (Å²) in [5.41, 5.74) is -0.00231. The van der Waals surface area contributed by atoms with Gasteiger partial charge < -0.3 is 14.2 Å². The molecule has 106 valence electrons. The van der Waals surface area contributed by atoms with Crippen LogP contribution in [0.4, 0.5) is 13.2 Å². The van der Waals surface area contributed by atoms with Gasteiger partial charge in [0.1, 0.15) is 11.9 Å². The van der Waals surface area contributed by atoms with E-state index >= 15 is 0 Å². The maximum atomic E-state index is 13.1. The minimum absolute atomic E-state index is 0.00231. The lowest BCUT2D eigenvalue weighted by Crippen LogP contribution is -2.25. The van der Waals surface area contributed by atoms with Crippen molar-refractivity contribution >= 4 is 0 Å². The van der Waals surface area contributed by atoms with Gasteiger partial charge in [-0.3, -0.25) is 0 Å². The lowest BCUT2D eigenvalue weighted by Gasteiger charge is -2.23. The lowest BCUT2D eigenvalue weighted by atomic mass is 10.1. The van der Waals surface area contributed by atoms with Crippen LogP contribution in [0.5, 0.6) is 5.75 Å². The molecule has 1 aliphatic rings. The summed E-state index contributed by atoms with van der Waals surface area (Å²) in [7, 11) is 0. The van der Waals surface area contributed by atoms with Crippen molar-refractivity contribution in [2.75, 3.05) is 19.8 Å². The lowest BCUT2D eigenvalue weighted by molar-refractivity contribution is -0.225. The number of benzene rings is 1. The molecule has 2 rings (SSSR count). The molecule has 0 aromatic heterocycles. The zero-order chi connectivity index (χ0) is 13.9. The number of hydrogen-bond acceptors (Lipinski definition) is 3. The number of ether oxygens (including phenoxy) is 3. The number of hydrogen-bond donors (Lipinski definition) is 0. The van der Waals surface area contributed by atoms with Crippen LogP contribution < -0.4 is 4.74 Å². The Morgan fingerprint density at radius 1 is 1.37 bits per heavy atom. The summed E-state index contributed by atoms with van der Waals surface area (Å²) in [6.45, 7) is 2.41. The standard InChI is InChI=1S/C13H15F3O3/c1-2-17-11-6-4-3-5-10(11)12(13(14,15)16)19-8-9-7-18-9/h3-6,9,12H,2,7-8H2,1H3/t9-,12+/m1/s1. The minimum Gasteiger partial charge on any atom is -0.493 e. The van der Waals surface area contributed by atoms with Crippen LogP contribution in [0.1, 0.15) is 18.6 Å². The van der Waals surface area contributed by atoms with Gasteiger partial charge >= 0.3 is 6.18 Å². The summed E-state index contributed by atoms with van der Waals surface area (Å²) in [5.74, 6) is 0.198. The second kappa shape index (κ2) is 5.79. The first-order valence-electron chi connectivity index (χ1n) is 6.04. The molecule has 0 unspecified atom stereocenters. The Balaban J connectivity index is 2.20. The molecule has 1 saturated heterocycles. The molecule has 0 saturated carbocycles. The molecule has 0 spiro atoms. The highest BCUT2D eigenvalue weighted by molar-refractivity contribution is 5.36. The third kappa shape index (κ3) is 3.84. The van der Waals surface area contributed by atoms with Crippen LogP contribution in [0.15, 0.2) is 24.3 Å². The second-order valence-corrected chi connectivity index (χ2v) is 4.18. The summed E-state index contributed by atoms with van der Waals surface area (Å²) in [4.78, 5) is 0. The van der Waals surface area contributed by atoms with Crippen molar-refractivity contribution in [2.45, 2.75) is 25.3 Å². The molecule has 1 heterocycles. The largest absolute Gasteiger partial charge is 0.493 e. The van der Waals surface area contributed by atoms with Crippen LogP contribution in [-0.2, 0) is 9.47 Å². The van der Waals surface area contributed by atoms with Crippen LogP contribution in [0.2, 0.25) is 0 Å². The van der Waals surface area contributed by atoms with E-state index in [1.54, 1.807) is 13.0 Å². The maximum Gasteiger partial charge on any atom is 0.418 e. The molecule has 3 nitrogen and oxygen atoms in total. The summed E-state index contributed by atoms with van der Waals surface area (Å²) in [5, 5.41) is 0. The van der Waals surface area contributed by atoms with E-state index in [1.165, 1.54) is 18.2 Å². The van der Waals surface area contributed by atoms with E-state index in [4.69, 9.17) is 14.2 Å². The second-order valence-electron chi connectivity index (χ2n) is 4.18. The first-order chi connectivity index (χ1) is 9.02. The Hall–Kier alpha value is -1.27. The summed E-state index contributed by atoms with van der Waals surface area (Å²) >= 11 is 0. The molecule has 0 amide bonds. The van der Waals surface area contributed by atoms with E-state index in [9.17, 15) is 13.2 Å². The number of halogens is 3. The van der Waals surface area contributed by atoms with Crippen molar-refractivity contribution in [3.05, 3.63) is 29.8 Å². The first-order valence-corrected chi connectivity index (χ1v) is 6.04. The molecule has 1 aliphatic heterocycles. The molecule has 2 atom stereocenters. The van der Waals surface area contributed by atoms with Gasteiger partial charge in [0.15, 0.2) is 6.10 Å². The molecule has 19 heavy (non-hydrogen) atoms. The van der Waals surface area contributed by atoms with Gasteiger partial charge in [0.25, 0.3) is 0 Å². The molecular formula is C13H15F3O3. The van der Waals surface area contributed by atoms with E-state index in [0.29, 0.717) is 13.2 Å². The van der Waals surface area contributed by atoms with Crippen LogP contribution >= 0.6 is 0 Å². The summed E-state index contributed by atoms with van der Waals surface area (Å²) in [6.07, 6.45) is -6.69. The van der Waals surface area contributed by atoms with Crippen molar-refractivity contribution in [1.29, 1.82) is 0 Å². The highest BCUT2D eigenvalue weighted by atomic mass is 19.4. The molecule has 0 aliphatic carbocycles. The van der Waals surface area contributed by atoms with E-state index in [0.717, 1.165) is 0 Å². The van der Waals surface area contributed by atoms with Gasteiger partial charge in [0.05, 0.1) is 19.8 Å². The van der Waals surface area contributed by atoms with Gasteiger partial charge in [0, 0.05) is 5.56 Å². The third-order valence-electron chi connectivity index (χ3n) is 2.65. The summed E-state index contributed by atoms with van der Waals surface area (Å²) < 4.78 is 54.3. The van der Waals surface area contributed by atoms with E-state index in [1.807, 2.05) is 0 Å². The molecular weight excluding hydrogens is 261 g/mol.